The van der Waals surface area contributed by atoms with Gasteiger partial charge in [-0.2, -0.15) is 0 Å². The van der Waals surface area contributed by atoms with Gasteiger partial charge < -0.3 is 15.2 Å². The van der Waals surface area contributed by atoms with E-state index in [0.29, 0.717) is 31.7 Å². The Morgan fingerprint density at radius 1 is 1.29 bits per heavy atom. The number of benzene rings is 1. The van der Waals surface area contributed by atoms with Crippen LogP contribution >= 0.6 is 11.8 Å². The van der Waals surface area contributed by atoms with E-state index in [4.69, 9.17) is 5.73 Å². The smallest absolute Gasteiger partial charge is 0.233 e. The highest BCUT2D eigenvalue weighted by Gasteiger charge is 2.26. The summed E-state index contributed by atoms with van der Waals surface area (Å²) in [7, 11) is 0. The molecule has 1 saturated heterocycles. The van der Waals surface area contributed by atoms with Crippen LogP contribution in [0, 0.1) is 5.92 Å². The van der Waals surface area contributed by atoms with Crippen LogP contribution in [0.1, 0.15) is 19.8 Å². The average molecular weight is 346 g/mol. The molecule has 0 spiro atoms. The van der Waals surface area contributed by atoms with Crippen molar-refractivity contribution in [2.45, 2.75) is 31.5 Å². The zero-order chi connectivity index (χ0) is 17.1. The van der Waals surface area contributed by atoms with Crippen molar-refractivity contribution in [3.8, 4) is 0 Å². The molecule has 0 saturated carbocycles. The number of rotatable bonds is 5. The fraction of sp³-hybridized carbons (Fsp3) is 0.471. The van der Waals surface area contributed by atoms with Crippen LogP contribution in [-0.4, -0.2) is 45.1 Å². The summed E-state index contributed by atoms with van der Waals surface area (Å²) < 4.78 is 2.13. The van der Waals surface area contributed by atoms with Gasteiger partial charge in [-0.15, -0.1) is 0 Å². The minimum Gasteiger partial charge on any atom is -0.369 e. The molecule has 0 bridgehead atoms. The largest absolute Gasteiger partial charge is 0.369 e. The number of aromatic nitrogens is 2. The minimum atomic E-state index is -0.256. The van der Waals surface area contributed by atoms with Gasteiger partial charge in [0.05, 0.1) is 16.8 Å². The van der Waals surface area contributed by atoms with Crippen molar-refractivity contribution in [3.05, 3.63) is 24.3 Å². The van der Waals surface area contributed by atoms with Crippen molar-refractivity contribution in [1.29, 1.82) is 0 Å². The molecule has 2 amide bonds. The number of fused-ring (bicyclic) bond motifs is 1. The molecule has 0 unspecified atom stereocenters. The first-order valence-electron chi connectivity index (χ1n) is 8.25. The molecule has 7 heteroatoms. The molecule has 3 rings (SSSR count). The lowest BCUT2D eigenvalue weighted by Crippen LogP contribution is -2.42. The molecule has 24 heavy (non-hydrogen) atoms. The lowest BCUT2D eigenvalue weighted by atomic mass is 9.96. The topological polar surface area (TPSA) is 81.2 Å². The Bertz CT molecular complexity index is 750. The molecule has 0 aliphatic carbocycles. The van der Waals surface area contributed by atoms with Crippen molar-refractivity contribution in [2.75, 3.05) is 18.8 Å². The van der Waals surface area contributed by atoms with Gasteiger partial charge in [0.25, 0.3) is 0 Å². The Hall–Kier alpha value is -2.02. The number of aryl methyl sites for hydroxylation is 1. The number of likely N-dealkylation sites (tertiary alicyclic amines) is 1. The summed E-state index contributed by atoms with van der Waals surface area (Å²) in [5, 5.41) is 0.874. The zero-order valence-corrected chi connectivity index (χ0v) is 14.6. The first-order valence-corrected chi connectivity index (χ1v) is 9.24. The highest BCUT2D eigenvalue weighted by atomic mass is 32.2. The van der Waals surface area contributed by atoms with Gasteiger partial charge in [-0.1, -0.05) is 23.9 Å². The Morgan fingerprint density at radius 3 is 2.67 bits per heavy atom. The Labute approximate surface area is 145 Å². The molecule has 1 fully saturated rings. The van der Waals surface area contributed by atoms with Crippen LogP contribution in [0.5, 0.6) is 0 Å². The summed E-state index contributed by atoms with van der Waals surface area (Å²) in [6.45, 7) is 4.12. The van der Waals surface area contributed by atoms with Crippen LogP contribution in [0.15, 0.2) is 29.4 Å². The average Bonchev–Trinajstić information content (AvgIpc) is 2.97. The van der Waals surface area contributed by atoms with Gasteiger partial charge in [0, 0.05) is 25.6 Å². The number of thioether (sulfide) groups is 1. The molecule has 1 aliphatic rings. The molecule has 0 atom stereocenters. The summed E-state index contributed by atoms with van der Waals surface area (Å²) >= 11 is 1.48. The standard InChI is InChI=1S/C17H22N4O2S/c1-2-21-14-6-4-3-5-13(14)19-17(21)24-11-15(22)20-9-7-12(8-10-20)16(18)23/h3-6,12H,2,7-11H2,1H3,(H2,18,23). The monoisotopic (exact) mass is 346 g/mol. The number of nitrogens with zero attached hydrogens (tertiary/aromatic N) is 3. The summed E-state index contributed by atoms with van der Waals surface area (Å²) in [4.78, 5) is 30.1. The molecule has 2 aromatic rings. The van der Waals surface area contributed by atoms with E-state index in [-0.39, 0.29) is 17.7 Å². The van der Waals surface area contributed by atoms with E-state index in [1.165, 1.54) is 11.8 Å². The van der Waals surface area contributed by atoms with Gasteiger partial charge >= 0.3 is 0 Å². The molecule has 1 aliphatic heterocycles. The predicted octanol–water partition coefficient (Wildman–Crippen LogP) is 1.87. The zero-order valence-electron chi connectivity index (χ0n) is 13.8. The van der Waals surface area contributed by atoms with Gasteiger partial charge in [-0.3, -0.25) is 9.59 Å². The third kappa shape index (κ3) is 3.40. The number of imidazole rings is 1. The Kier molecular flexibility index (Phi) is 5.08. The second-order valence-corrected chi connectivity index (χ2v) is 6.92. The number of carbonyl (C=O) groups excluding carboxylic acids is 2. The molecular weight excluding hydrogens is 324 g/mol. The number of primary amides is 1. The van der Waals surface area contributed by atoms with E-state index < -0.39 is 0 Å². The molecule has 0 radical (unpaired) electrons. The van der Waals surface area contributed by atoms with Gasteiger partial charge in [0.2, 0.25) is 11.8 Å². The van der Waals surface area contributed by atoms with E-state index >= 15 is 0 Å². The highest BCUT2D eigenvalue weighted by molar-refractivity contribution is 7.99. The van der Waals surface area contributed by atoms with E-state index in [1.807, 2.05) is 29.2 Å². The van der Waals surface area contributed by atoms with Gasteiger partial charge in [-0.25, -0.2) is 4.98 Å². The van der Waals surface area contributed by atoms with E-state index in [0.717, 1.165) is 22.7 Å². The molecule has 6 nitrogen and oxygen atoms in total. The summed E-state index contributed by atoms with van der Waals surface area (Å²) in [5.41, 5.74) is 7.38. The third-order valence-corrected chi connectivity index (χ3v) is 5.47. The molecule has 2 heterocycles. The fourth-order valence-electron chi connectivity index (χ4n) is 3.10. The molecule has 1 aromatic carbocycles. The minimum absolute atomic E-state index is 0.0917. The number of carbonyl (C=O) groups is 2. The van der Waals surface area contributed by atoms with Crippen LogP contribution in [-0.2, 0) is 16.1 Å². The van der Waals surface area contributed by atoms with Crippen molar-refractivity contribution in [2.24, 2.45) is 11.7 Å². The second-order valence-electron chi connectivity index (χ2n) is 5.97. The Balaban J connectivity index is 1.62. The normalized spacial score (nSPS) is 15.8. The van der Waals surface area contributed by atoms with Crippen molar-refractivity contribution < 1.29 is 9.59 Å². The summed E-state index contributed by atoms with van der Waals surface area (Å²) in [6, 6.07) is 8.00. The van der Waals surface area contributed by atoms with Crippen LogP contribution < -0.4 is 5.73 Å². The highest BCUT2D eigenvalue weighted by Crippen LogP contribution is 2.25. The van der Waals surface area contributed by atoms with E-state index in [9.17, 15) is 9.59 Å². The van der Waals surface area contributed by atoms with Crippen LogP contribution in [0.3, 0.4) is 0 Å². The maximum Gasteiger partial charge on any atom is 0.233 e. The lowest BCUT2D eigenvalue weighted by molar-refractivity contribution is -0.132. The van der Waals surface area contributed by atoms with Gasteiger partial charge in [-0.05, 0) is 31.9 Å². The number of hydrogen-bond acceptors (Lipinski definition) is 4. The first-order chi connectivity index (χ1) is 11.6. The predicted molar refractivity (Wildman–Crippen MR) is 94.6 cm³/mol. The van der Waals surface area contributed by atoms with Gasteiger partial charge in [0.1, 0.15) is 0 Å². The lowest BCUT2D eigenvalue weighted by Gasteiger charge is -2.30. The third-order valence-electron chi connectivity index (χ3n) is 4.51. The Morgan fingerprint density at radius 2 is 2.00 bits per heavy atom. The second kappa shape index (κ2) is 7.25. The quantitative estimate of drug-likeness (QED) is 0.838. The number of hydrogen-bond donors (Lipinski definition) is 1. The number of nitrogens with two attached hydrogens (primary N) is 1. The van der Waals surface area contributed by atoms with Crippen LogP contribution in [0.25, 0.3) is 11.0 Å². The van der Waals surface area contributed by atoms with Crippen molar-refractivity contribution in [1.82, 2.24) is 14.5 Å². The van der Waals surface area contributed by atoms with Crippen molar-refractivity contribution >= 4 is 34.6 Å². The molecular formula is C17H22N4O2S. The summed E-state index contributed by atoms with van der Waals surface area (Å²) in [6.07, 6.45) is 1.33. The maximum atomic E-state index is 12.4. The van der Waals surface area contributed by atoms with E-state index in [2.05, 4.69) is 16.5 Å². The van der Waals surface area contributed by atoms with E-state index in [1.54, 1.807) is 0 Å². The molecule has 2 N–H and O–H groups in total. The van der Waals surface area contributed by atoms with Gasteiger partial charge in [0.15, 0.2) is 5.16 Å². The van der Waals surface area contributed by atoms with Crippen LogP contribution in [0.4, 0.5) is 0 Å². The SMILES string of the molecule is CCn1c(SCC(=O)N2CCC(C(N)=O)CC2)nc2ccccc21. The maximum absolute atomic E-state index is 12.4. The number of para-hydroxylation sites is 2. The molecule has 128 valence electrons. The summed E-state index contributed by atoms with van der Waals surface area (Å²) in [5.74, 6) is 0.113. The van der Waals surface area contributed by atoms with Crippen LogP contribution in [0.2, 0.25) is 0 Å². The van der Waals surface area contributed by atoms with Crippen molar-refractivity contribution in [3.63, 3.8) is 0 Å². The fourth-order valence-corrected chi connectivity index (χ4v) is 4.08. The number of amides is 2. The molecule has 1 aromatic heterocycles. The number of piperidine rings is 1. The first kappa shape index (κ1) is 16.8.